The predicted molar refractivity (Wildman–Crippen MR) is 68.4 cm³/mol. The zero-order valence-corrected chi connectivity index (χ0v) is 10.9. The maximum absolute atomic E-state index is 12.0. The van der Waals surface area contributed by atoms with Gasteiger partial charge >= 0.3 is 12.0 Å². The fourth-order valence-corrected chi connectivity index (χ4v) is 2.09. The van der Waals surface area contributed by atoms with Crippen LogP contribution in [-0.2, 0) is 9.59 Å². The molecule has 1 heterocycles. The monoisotopic (exact) mass is 271 g/mol. The second kappa shape index (κ2) is 7.60. The number of nitrogens with one attached hydrogen (secondary N) is 1. The summed E-state index contributed by atoms with van der Waals surface area (Å²) in [4.78, 5) is 35.3. The standard InChI is InChI=1S/C12H21N3O4/c13-10(16)8-9(11(17)18)14-12(19)15-6-4-2-1-3-5-7-15/h9H,1-8H2,(H2,13,16)(H,14,19)(H,17,18)/t9-/m1/s1. The van der Waals surface area contributed by atoms with Crippen LogP contribution in [-0.4, -0.2) is 47.0 Å². The van der Waals surface area contributed by atoms with E-state index in [0.717, 1.165) is 25.7 Å². The Balaban J connectivity index is 2.53. The molecule has 0 aliphatic carbocycles. The Labute approximate surface area is 112 Å². The van der Waals surface area contributed by atoms with Crippen molar-refractivity contribution >= 4 is 17.9 Å². The van der Waals surface area contributed by atoms with Crippen LogP contribution in [0.4, 0.5) is 4.79 Å². The molecule has 7 heteroatoms. The van der Waals surface area contributed by atoms with Gasteiger partial charge in [-0.05, 0) is 12.8 Å². The Morgan fingerprint density at radius 3 is 2.11 bits per heavy atom. The van der Waals surface area contributed by atoms with Crippen LogP contribution in [0.15, 0.2) is 0 Å². The maximum atomic E-state index is 12.0. The normalized spacial score (nSPS) is 18.0. The van der Waals surface area contributed by atoms with Crippen LogP contribution in [0.2, 0.25) is 0 Å². The average Bonchev–Trinajstić information content (AvgIpc) is 2.26. The van der Waals surface area contributed by atoms with E-state index in [4.69, 9.17) is 10.8 Å². The quantitative estimate of drug-likeness (QED) is 0.682. The van der Waals surface area contributed by atoms with Crippen LogP contribution >= 0.6 is 0 Å². The van der Waals surface area contributed by atoms with Gasteiger partial charge in [-0.15, -0.1) is 0 Å². The van der Waals surface area contributed by atoms with Crippen LogP contribution in [0.25, 0.3) is 0 Å². The van der Waals surface area contributed by atoms with E-state index in [1.54, 1.807) is 4.90 Å². The predicted octanol–water partition coefficient (Wildman–Crippen LogP) is 0.291. The number of hydrogen-bond acceptors (Lipinski definition) is 3. The lowest BCUT2D eigenvalue weighted by Crippen LogP contribution is -2.49. The third kappa shape index (κ3) is 5.58. The topological polar surface area (TPSA) is 113 Å². The number of carbonyl (C=O) groups is 3. The van der Waals surface area contributed by atoms with Gasteiger partial charge in [-0.1, -0.05) is 19.3 Å². The molecule has 3 amide bonds. The highest BCUT2D eigenvalue weighted by atomic mass is 16.4. The number of aliphatic carboxylic acids is 1. The Kier molecular flexibility index (Phi) is 6.11. The second-order valence-corrected chi connectivity index (χ2v) is 4.77. The number of hydrogen-bond donors (Lipinski definition) is 3. The van der Waals surface area contributed by atoms with Gasteiger partial charge in [0.05, 0.1) is 6.42 Å². The minimum atomic E-state index is -1.25. The summed E-state index contributed by atoms with van der Waals surface area (Å²) in [5.74, 6) is -2.00. The Hall–Kier alpha value is -1.79. The SMILES string of the molecule is NC(=O)C[C@@H](NC(=O)N1CCCCCCC1)C(=O)O. The molecule has 1 fully saturated rings. The number of nitrogens with zero attached hydrogens (tertiary/aromatic N) is 1. The molecule has 0 radical (unpaired) electrons. The molecule has 0 aromatic heterocycles. The van der Waals surface area contributed by atoms with Crippen LogP contribution in [0.3, 0.4) is 0 Å². The first-order valence-electron chi connectivity index (χ1n) is 6.57. The fourth-order valence-electron chi connectivity index (χ4n) is 2.09. The first kappa shape index (κ1) is 15.3. The Morgan fingerprint density at radius 1 is 1.11 bits per heavy atom. The zero-order chi connectivity index (χ0) is 14.3. The van der Waals surface area contributed by atoms with Crippen molar-refractivity contribution in [2.75, 3.05) is 13.1 Å². The third-order valence-corrected chi connectivity index (χ3v) is 3.14. The first-order valence-corrected chi connectivity index (χ1v) is 6.57. The molecule has 7 nitrogen and oxygen atoms in total. The molecule has 1 rings (SSSR count). The van der Waals surface area contributed by atoms with Crippen molar-refractivity contribution in [3.63, 3.8) is 0 Å². The minimum Gasteiger partial charge on any atom is -0.480 e. The first-order chi connectivity index (χ1) is 9.00. The van der Waals surface area contributed by atoms with Crippen LogP contribution in [0.5, 0.6) is 0 Å². The molecule has 0 aromatic rings. The number of urea groups is 1. The molecule has 1 saturated heterocycles. The number of amides is 3. The Bertz CT molecular complexity index is 338. The van der Waals surface area contributed by atoms with E-state index in [-0.39, 0.29) is 0 Å². The van der Waals surface area contributed by atoms with Crippen molar-refractivity contribution in [2.45, 2.75) is 44.6 Å². The highest BCUT2D eigenvalue weighted by molar-refractivity contribution is 5.87. The van der Waals surface area contributed by atoms with Gasteiger partial charge in [-0.25, -0.2) is 9.59 Å². The van der Waals surface area contributed by atoms with Crippen molar-refractivity contribution in [2.24, 2.45) is 5.73 Å². The molecular formula is C12H21N3O4. The molecule has 4 N–H and O–H groups in total. The van der Waals surface area contributed by atoms with E-state index in [0.29, 0.717) is 13.1 Å². The molecule has 19 heavy (non-hydrogen) atoms. The lowest BCUT2D eigenvalue weighted by Gasteiger charge is -2.26. The highest BCUT2D eigenvalue weighted by Crippen LogP contribution is 2.10. The maximum Gasteiger partial charge on any atom is 0.326 e. The van der Waals surface area contributed by atoms with Gasteiger partial charge in [0.2, 0.25) is 5.91 Å². The lowest BCUT2D eigenvalue weighted by atomic mass is 10.1. The molecule has 1 aliphatic heterocycles. The molecule has 0 spiro atoms. The summed E-state index contributed by atoms with van der Waals surface area (Å²) in [6.45, 7) is 1.24. The number of carboxylic acid groups (broad SMARTS) is 1. The van der Waals surface area contributed by atoms with E-state index >= 15 is 0 Å². The molecule has 0 unspecified atom stereocenters. The number of likely N-dealkylation sites (tertiary alicyclic amines) is 1. The van der Waals surface area contributed by atoms with Gasteiger partial charge in [0.15, 0.2) is 0 Å². The highest BCUT2D eigenvalue weighted by Gasteiger charge is 2.24. The van der Waals surface area contributed by atoms with Crippen LogP contribution < -0.4 is 11.1 Å². The molecule has 0 saturated carbocycles. The van der Waals surface area contributed by atoms with Gasteiger partial charge in [0.1, 0.15) is 6.04 Å². The molecule has 1 atom stereocenters. The van der Waals surface area contributed by atoms with Crippen LogP contribution in [0.1, 0.15) is 38.5 Å². The summed E-state index contributed by atoms with van der Waals surface area (Å²) in [5.41, 5.74) is 4.96. The zero-order valence-electron chi connectivity index (χ0n) is 10.9. The summed E-state index contributed by atoms with van der Waals surface area (Å²) in [6, 6.07) is -1.69. The number of rotatable bonds is 4. The van der Waals surface area contributed by atoms with Gasteiger partial charge in [-0.2, -0.15) is 0 Å². The number of primary amides is 1. The van der Waals surface area contributed by atoms with Gasteiger partial charge in [-0.3, -0.25) is 4.79 Å². The molecule has 0 bridgehead atoms. The molecule has 108 valence electrons. The van der Waals surface area contributed by atoms with Gasteiger partial charge < -0.3 is 21.1 Å². The summed E-state index contributed by atoms with van der Waals surface area (Å²) < 4.78 is 0. The summed E-state index contributed by atoms with van der Waals surface area (Å²) in [7, 11) is 0. The van der Waals surface area contributed by atoms with Crippen molar-refractivity contribution in [3.8, 4) is 0 Å². The largest absolute Gasteiger partial charge is 0.480 e. The van der Waals surface area contributed by atoms with Gasteiger partial charge in [0.25, 0.3) is 0 Å². The molecular weight excluding hydrogens is 250 g/mol. The van der Waals surface area contributed by atoms with E-state index in [1.807, 2.05) is 0 Å². The number of carboxylic acids is 1. The number of nitrogens with two attached hydrogens (primary N) is 1. The smallest absolute Gasteiger partial charge is 0.326 e. The molecule has 0 aromatic carbocycles. The van der Waals surface area contributed by atoms with Gasteiger partial charge in [0, 0.05) is 13.1 Å². The van der Waals surface area contributed by atoms with E-state index in [1.165, 1.54) is 6.42 Å². The lowest BCUT2D eigenvalue weighted by molar-refractivity contribution is -0.140. The third-order valence-electron chi connectivity index (χ3n) is 3.14. The Morgan fingerprint density at radius 2 is 1.63 bits per heavy atom. The second-order valence-electron chi connectivity index (χ2n) is 4.77. The van der Waals surface area contributed by atoms with Crippen molar-refractivity contribution in [1.82, 2.24) is 10.2 Å². The van der Waals surface area contributed by atoms with E-state index in [9.17, 15) is 14.4 Å². The summed E-state index contributed by atoms with van der Waals surface area (Å²) in [6.07, 6.45) is 4.77. The van der Waals surface area contributed by atoms with Crippen molar-refractivity contribution in [1.29, 1.82) is 0 Å². The number of carbonyl (C=O) groups excluding carboxylic acids is 2. The van der Waals surface area contributed by atoms with Crippen molar-refractivity contribution in [3.05, 3.63) is 0 Å². The minimum absolute atomic E-state index is 0.394. The van der Waals surface area contributed by atoms with E-state index in [2.05, 4.69) is 5.32 Å². The average molecular weight is 271 g/mol. The summed E-state index contributed by atoms with van der Waals surface area (Å²) in [5, 5.41) is 11.3. The van der Waals surface area contributed by atoms with Crippen LogP contribution in [0, 0.1) is 0 Å². The van der Waals surface area contributed by atoms with E-state index < -0.39 is 30.4 Å². The molecule has 1 aliphatic rings. The summed E-state index contributed by atoms with van der Waals surface area (Å²) >= 11 is 0. The van der Waals surface area contributed by atoms with Crippen molar-refractivity contribution < 1.29 is 19.5 Å². The fraction of sp³-hybridized carbons (Fsp3) is 0.750.